The summed E-state index contributed by atoms with van der Waals surface area (Å²) in [5.41, 5.74) is 0.765. The quantitative estimate of drug-likeness (QED) is 0.718. The normalized spacial score (nSPS) is 21.7. The van der Waals surface area contributed by atoms with E-state index in [1.807, 2.05) is 5.32 Å². The predicted octanol–water partition coefficient (Wildman–Crippen LogP) is 1.03. The van der Waals surface area contributed by atoms with Crippen LogP contribution in [0.4, 0.5) is 13.2 Å². The van der Waals surface area contributed by atoms with Gasteiger partial charge in [-0.1, -0.05) is 12.8 Å². The number of alkyl halides is 3. The summed E-state index contributed by atoms with van der Waals surface area (Å²) < 4.78 is 37.6. The minimum Gasteiger partial charge on any atom is -0.481 e. The summed E-state index contributed by atoms with van der Waals surface area (Å²) in [5, 5.41) is 11.2. The molecule has 1 aliphatic rings. The Morgan fingerprint density at radius 2 is 1.79 bits per heavy atom. The van der Waals surface area contributed by atoms with E-state index < -0.39 is 29.0 Å². The Morgan fingerprint density at radius 1 is 1.32 bits per heavy atom. The molecule has 110 valence electrons. The third kappa shape index (κ3) is 2.99. The number of hydrogen-bond donors (Lipinski definition) is 3. The maximum Gasteiger partial charge on any atom is 0.415 e. The number of carbonyl (C=O) groups is 2. The van der Waals surface area contributed by atoms with Crippen LogP contribution >= 0.6 is 0 Å². The molecule has 0 heterocycles. The molecular weight excluding hydrogens is 265 g/mol. The van der Waals surface area contributed by atoms with Crippen LogP contribution in [0.25, 0.3) is 0 Å². The summed E-state index contributed by atoms with van der Waals surface area (Å²) in [7, 11) is 0. The number of carbonyl (C=O) groups excluding carboxylic acids is 1. The van der Waals surface area contributed by atoms with E-state index in [4.69, 9.17) is 10.8 Å². The number of hydrogen-bond acceptors (Lipinski definition) is 3. The van der Waals surface area contributed by atoms with E-state index in [-0.39, 0.29) is 6.54 Å². The monoisotopic (exact) mass is 282 g/mol. The molecule has 0 saturated heterocycles. The molecule has 1 amide bonds. The first kappa shape index (κ1) is 15.7. The van der Waals surface area contributed by atoms with Crippen LogP contribution in [0.2, 0.25) is 0 Å². The maximum absolute atomic E-state index is 12.5. The molecule has 0 bridgehead atoms. The number of carboxylic acids is 1. The van der Waals surface area contributed by atoms with Gasteiger partial charge in [0.05, 0.1) is 5.41 Å². The molecule has 0 aromatic carbocycles. The van der Waals surface area contributed by atoms with Gasteiger partial charge < -0.3 is 16.2 Å². The van der Waals surface area contributed by atoms with E-state index in [9.17, 15) is 22.8 Å². The minimum atomic E-state index is -4.89. The van der Waals surface area contributed by atoms with E-state index in [0.717, 1.165) is 0 Å². The molecule has 1 fully saturated rings. The lowest BCUT2D eigenvalue weighted by molar-refractivity contribution is -0.187. The molecule has 1 unspecified atom stereocenters. The average molecular weight is 282 g/mol. The number of carboxylic acid groups (broad SMARTS) is 1. The zero-order valence-corrected chi connectivity index (χ0v) is 10.5. The van der Waals surface area contributed by atoms with Crippen LogP contribution in [-0.4, -0.2) is 35.2 Å². The number of halogens is 3. The van der Waals surface area contributed by atoms with Crippen LogP contribution < -0.4 is 11.1 Å². The van der Waals surface area contributed by atoms with Gasteiger partial charge in [0, 0.05) is 6.54 Å². The molecule has 1 aliphatic carbocycles. The molecule has 0 aromatic heterocycles. The van der Waals surface area contributed by atoms with E-state index in [2.05, 4.69) is 0 Å². The fraction of sp³-hybridized carbons (Fsp3) is 0.818. The molecule has 1 saturated carbocycles. The Labute approximate surface area is 108 Å². The van der Waals surface area contributed by atoms with Gasteiger partial charge in [-0.05, 0) is 19.8 Å². The number of rotatable bonds is 4. The van der Waals surface area contributed by atoms with Gasteiger partial charge >= 0.3 is 12.1 Å². The molecule has 0 aliphatic heterocycles. The van der Waals surface area contributed by atoms with Crippen molar-refractivity contribution in [2.45, 2.75) is 44.3 Å². The van der Waals surface area contributed by atoms with Crippen molar-refractivity contribution >= 4 is 11.9 Å². The van der Waals surface area contributed by atoms with E-state index in [1.54, 1.807) is 0 Å². The molecule has 0 radical (unpaired) electrons. The Morgan fingerprint density at radius 3 is 2.16 bits per heavy atom. The second-order valence-electron chi connectivity index (χ2n) is 5.18. The van der Waals surface area contributed by atoms with Crippen molar-refractivity contribution in [3.8, 4) is 0 Å². The summed E-state index contributed by atoms with van der Waals surface area (Å²) in [6.45, 7) is 0.231. The number of nitrogens with two attached hydrogens (primary N) is 1. The van der Waals surface area contributed by atoms with Crippen LogP contribution in [-0.2, 0) is 9.59 Å². The van der Waals surface area contributed by atoms with Crippen molar-refractivity contribution in [2.75, 3.05) is 6.54 Å². The van der Waals surface area contributed by atoms with Gasteiger partial charge in [0.1, 0.15) is 0 Å². The highest BCUT2D eigenvalue weighted by atomic mass is 19.4. The van der Waals surface area contributed by atoms with Crippen LogP contribution in [0.3, 0.4) is 0 Å². The number of nitrogens with one attached hydrogen (secondary N) is 1. The molecule has 0 aromatic rings. The Hall–Kier alpha value is -1.31. The van der Waals surface area contributed by atoms with Crippen molar-refractivity contribution in [3.63, 3.8) is 0 Å². The third-order valence-corrected chi connectivity index (χ3v) is 3.66. The second kappa shape index (κ2) is 4.99. The van der Waals surface area contributed by atoms with Crippen molar-refractivity contribution in [3.05, 3.63) is 0 Å². The zero-order valence-electron chi connectivity index (χ0n) is 10.5. The smallest absolute Gasteiger partial charge is 0.415 e. The lowest BCUT2D eigenvalue weighted by Crippen LogP contribution is -2.62. The van der Waals surface area contributed by atoms with E-state index in [1.165, 1.54) is 0 Å². The highest BCUT2D eigenvalue weighted by molar-refractivity contribution is 5.87. The summed E-state index contributed by atoms with van der Waals surface area (Å²) in [6.07, 6.45) is -2.84. The third-order valence-electron chi connectivity index (χ3n) is 3.66. The van der Waals surface area contributed by atoms with Gasteiger partial charge in [0.2, 0.25) is 5.91 Å². The fourth-order valence-corrected chi connectivity index (χ4v) is 2.08. The van der Waals surface area contributed by atoms with Crippen molar-refractivity contribution in [2.24, 2.45) is 11.1 Å². The van der Waals surface area contributed by atoms with Crippen LogP contribution in [0.15, 0.2) is 0 Å². The summed E-state index contributed by atoms with van der Waals surface area (Å²) in [4.78, 5) is 22.7. The minimum absolute atomic E-state index is 0.329. The van der Waals surface area contributed by atoms with Gasteiger partial charge in [-0.2, -0.15) is 13.2 Å². The summed E-state index contributed by atoms with van der Waals surface area (Å²) in [5.74, 6) is -2.51. The van der Waals surface area contributed by atoms with Crippen LogP contribution in [0, 0.1) is 5.41 Å². The van der Waals surface area contributed by atoms with Crippen LogP contribution in [0.1, 0.15) is 32.6 Å². The van der Waals surface area contributed by atoms with Crippen molar-refractivity contribution < 1.29 is 27.9 Å². The SMILES string of the molecule is CC(N)(C(=O)NCC1(C(=O)O)CCCC1)C(F)(F)F. The summed E-state index contributed by atoms with van der Waals surface area (Å²) >= 11 is 0. The predicted molar refractivity (Wildman–Crippen MR) is 60.2 cm³/mol. The van der Waals surface area contributed by atoms with E-state index >= 15 is 0 Å². The summed E-state index contributed by atoms with van der Waals surface area (Å²) in [6, 6.07) is 0. The Balaban J connectivity index is 2.71. The average Bonchev–Trinajstić information content (AvgIpc) is 2.74. The standard InChI is InChI=1S/C11H17F3N2O3/c1-9(15,11(12,13)14)7(17)16-6-10(8(18)19)4-2-3-5-10/h2-6,15H2,1H3,(H,16,17)(H,18,19). The molecular formula is C11H17F3N2O3. The molecule has 0 spiro atoms. The van der Waals surface area contributed by atoms with Gasteiger partial charge in [-0.15, -0.1) is 0 Å². The van der Waals surface area contributed by atoms with Crippen molar-refractivity contribution in [1.29, 1.82) is 0 Å². The first-order valence-electron chi connectivity index (χ1n) is 5.90. The highest BCUT2D eigenvalue weighted by Crippen LogP contribution is 2.38. The molecule has 19 heavy (non-hydrogen) atoms. The topological polar surface area (TPSA) is 92.4 Å². The van der Waals surface area contributed by atoms with Crippen molar-refractivity contribution in [1.82, 2.24) is 5.32 Å². The number of amides is 1. The molecule has 1 atom stereocenters. The fourth-order valence-electron chi connectivity index (χ4n) is 2.08. The zero-order chi connectivity index (χ0) is 14.9. The lowest BCUT2D eigenvalue weighted by atomic mass is 9.86. The van der Waals surface area contributed by atoms with Gasteiger partial charge in [0.15, 0.2) is 5.54 Å². The van der Waals surface area contributed by atoms with Gasteiger partial charge in [0.25, 0.3) is 0 Å². The molecule has 4 N–H and O–H groups in total. The Bertz CT molecular complexity index is 374. The largest absolute Gasteiger partial charge is 0.481 e. The highest BCUT2D eigenvalue weighted by Gasteiger charge is 2.54. The first-order valence-corrected chi connectivity index (χ1v) is 5.90. The molecule has 5 nitrogen and oxygen atoms in total. The second-order valence-corrected chi connectivity index (χ2v) is 5.18. The van der Waals surface area contributed by atoms with E-state index in [0.29, 0.717) is 32.6 Å². The van der Waals surface area contributed by atoms with Gasteiger partial charge in [-0.25, -0.2) is 0 Å². The lowest BCUT2D eigenvalue weighted by Gasteiger charge is -2.29. The van der Waals surface area contributed by atoms with Crippen LogP contribution in [0.5, 0.6) is 0 Å². The first-order chi connectivity index (χ1) is 8.53. The number of aliphatic carboxylic acids is 1. The van der Waals surface area contributed by atoms with Gasteiger partial charge in [-0.3, -0.25) is 9.59 Å². The molecule has 8 heteroatoms. The maximum atomic E-state index is 12.5. The molecule has 1 rings (SSSR count). The Kier molecular flexibility index (Phi) is 4.14.